The van der Waals surface area contributed by atoms with E-state index in [1.165, 1.54) is 5.56 Å². The molecular weight excluding hydrogens is 264 g/mol. The van der Waals surface area contributed by atoms with Gasteiger partial charge in [0.15, 0.2) is 0 Å². The van der Waals surface area contributed by atoms with Crippen LogP contribution in [0.1, 0.15) is 33.3 Å². The number of hydrogen-bond acceptors (Lipinski definition) is 3. The topological polar surface area (TPSA) is 41.6 Å². The van der Waals surface area contributed by atoms with Crippen molar-refractivity contribution in [1.82, 2.24) is 4.90 Å². The minimum absolute atomic E-state index is 0.0348. The van der Waals surface area contributed by atoms with Crippen molar-refractivity contribution in [3.8, 4) is 0 Å². The first-order valence-corrected chi connectivity index (χ1v) is 7.59. The summed E-state index contributed by atoms with van der Waals surface area (Å²) >= 11 is 0. The summed E-state index contributed by atoms with van der Waals surface area (Å²) in [7, 11) is 0. The summed E-state index contributed by atoms with van der Waals surface area (Å²) in [5, 5.41) is 2.96. The average molecular weight is 290 g/mol. The standard InChI is InChI=1S/C17H26N2O2/c1-13-11-19(9-10-21-13)12-16(20)18-15-7-5-14(6-8-15)17(2,3)4/h5-8,13H,9-12H2,1-4H3,(H,18,20)/t13-/m0/s1. The van der Waals surface area contributed by atoms with Crippen LogP contribution >= 0.6 is 0 Å². The molecule has 116 valence electrons. The third kappa shape index (κ3) is 4.83. The SMILES string of the molecule is C[C@H]1CN(CC(=O)Nc2ccc(C(C)(C)C)cc2)CCO1. The van der Waals surface area contributed by atoms with Crippen LogP contribution in [0.2, 0.25) is 0 Å². The maximum atomic E-state index is 12.1. The maximum absolute atomic E-state index is 12.1. The van der Waals surface area contributed by atoms with E-state index < -0.39 is 0 Å². The van der Waals surface area contributed by atoms with E-state index in [1.54, 1.807) is 0 Å². The first-order chi connectivity index (χ1) is 9.84. The van der Waals surface area contributed by atoms with Crippen molar-refractivity contribution in [2.24, 2.45) is 0 Å². The van der Waals surface area contributed by atoms with Crippen LogP contribution < -0.4 is 5.32 Å². The van der Waals surface area contributed by atoms with Crippen LogP contribution in [0.4, 0.5) is 5.69 Å². The Morgan fingerprint density at radius 3 is 2.57 bits per heavy atom. The lowest BCUT2D eigenvalue weighted by Crippen LogP contribution is -2.44. The van der Waals surface area contributed by atoms with Gasteiger partial charge in [0.1, 0.15) is 0 Å². The second-order valence-electron chi connectivity index (χ2n) is 6.79. The van der Waals surface area contributed by atoms with Gasteiger partial charge in [-0.05, 0) is 30.0 Å². The van der Waals surface area contributed by atoms with Crippen molar-refractivity contribution in [2.45, 2.75) is 39.2 Å². The normalized spacial score (nSPS) is 20.3. The maximum Gasteiger partial charge on any atom is 0.238 e. The summed E-state index contributed by atoms with van der Waals surface area (Å²) in [6, 6.07) is 8.10. The minimum atomic E-state index is 0.0348. The summed E-state index contributed by atoms with van der Waals surface area (Å²) in [6.45, 7) is 11.3. The van der Waals surface area contributed by atoms with Crippen LogP contribution in [0, 0.1) is 0 Å². The molecule has 1 N–H and O–H groups in total. The summed E-state index contributed by atoms with van der Waals surface area (Å²) in [6.07, 6.45) is 0.206. The van der Waals surface area contributed by atoms with E-state index in [0.29, 0.717) is 13.2 Å². The van der Waals surface area contributed by atoms with E-state index in [4.69, 9.17) is 4.74 Å². The van der Waals surface area contributed by atoms with E-state index in [1.807, 2.05) is 19.1 Å². The smallest absolute Gasteiger partial charge is 0.238 e. The van der Waals surface area contributed by atoms with Gasteiger partial charge >= 0.3 is 0 Å². The van der Waals surface area contributed by atoms with Gasteiger partial charge in [0.25, 0.3) is 0 Å². The number of carbonyl (C=O) groups excluding carboxylic acids is 1. The lowest BCUT2D eigenvalue weighted by Gasteiger charge is -2.30. The number of rotatable bonds is 3. The summed E-state index contributed by atoms with van der Waals surface area (Å²) in [5.41, 5.74) is 2.25. The van der Waals surface area contributed by atoms with Crippen LogP contribution in [0.3, 0.4) is 0 Å². The molecule has 1 saturated heterocycles. The van der Waals surface area contributed by atoms with Crippen molar-refractivity contribution < 1.29 is 9.53 Å². The highest BCUT2D eigenvalue weighted by Crippen LogP contribution is 2.23. The molecule has 1 aliphatic rings. The Balaban J connectivity index is 1.87. The Hall–Kier alpha value is -1.39. The van der Waals surface area contributed by atoms with Gasteiger partial charge in [-0.2, -0.15) is 0 Å². The summed E-state index contributed by atoms with van der Waals surface area (Å²) in [5.74, 6) is 0.0348. The predicted octanol–water partition coefficient (Wildman–Crippen LogP) is 2.64. The van der Waals surface area contributed by atoms with E-state index in [2.05, 4.69) is 43.1 Å². The summed E-state index contributed by atoms with van der Waals surface area (Å²) < 4.78 is 5.48. The zero-order chi connectivity index (χ0) is 15.5. The number of ether oxygens (including phenoxy) is 1. The highest BCUT2D eigenvalue weighted by molar-refractivity contribution is 5.92. The van der Waals surface area contributed by atoms with Crippen molar-refractivity contribution in [1.29, 1.82) is 0 Å². The molecule has 1 aromatic carbocycles. The van der Waals surface area contributed by atoms with Gasteiger partial charge in [-0.15, -0.1) is 0 Å². The molecular formula is C17H26N2O2. The van der Waals surface area contributed by atoms with Crippen LogP contribution in [-0.2, 0) is 14.9 Å². The molecule has 0 saturated carbocycles. The van der Waals surface area contributed by atoms with Crippen LogP contribution in [0.25, 0.3) is 0 Å². The third-order valence-electron chi connectivity index (χ3n) is 3.73. The van der Waals surface area contributed by atoms with Crippen molar-refractivity contribution in [3.05, 3.63) is 29.8 Å². The Kier molecular flexibility index (Phi) is 5.01. The first-order valence-electron chi connectivity index (χ1n) is 7.59. The molecule has 0 unspecified atom stereocenters. The molecule has 1 heterocycles. The van der Waals surface area contributed by atoms with Gasteiger partial charge in [0.2, 0.25) is 5.91 Å². The van der Waals surface area contributed by atoms with E-state index in [0.717, 1.165) is 18.8 Å². The van der Waals surface area contributed by atoms with Crippen LogP contribution in [0.15, 0.2) is 24.3 Å². The van der Waals surface area contributed by atoms with Gasteiger partial charge in [0.05, 0.1) is 19.3 Å². The van der Waals surface area contributed by atoms with E-state index in [9.17, 15) is 4.79 Å². The zero-order valence-corrected chi connectivity index (χ0v) is 13.5. The lowest BCUT2D eigenvalue weighted by molar-refractivity contribution is -0.119. The van der Waals surface area contributed by atoms with Gasteiger partial charge in [-0.1, -0.05) is 32.9 Å². The van der Waals surface area contributed by atoms with Gasteiger partial charge < -0.3 is 10.1 Å². The summed E-state index contributed by atoms with van der Waals surface area (Å²) in [4.78, 5) is 14.2. The molecule has 1 fully saturated rings. The molecule has 4 nitrogen and oxygen atoms in total. The third-order valence-corrected chi connectivity index (χ3v) is 3.73. The molecule has 1 atom stereocenters. The van der Waals surface area contributed by atoms with Crippen molar-refractivity contribution >= 4 is 11.6 Å². The van der Waals surface area contributed by atoms with E-state index >= 15 is 0 Å². The fourth-order valence-electron chi connectivity index (χ4n) is 2.49. The number of hydrogen-bond donors (Lipinski definition) is 1. The van der Waals surface area contributed by atoms with Crippen molar-refractivity contribution in [2.75, 3.05) is 31.6 Å². The van der Waals surface area contributed by atoms with Gasteiger partial charge in [-0.25, -0.2) is 0 Å². The molecule has 0 aromatic heterocycles. The highest BCUT2D eigenvalue weighted by Gasteiger charge is 2.19. The number of benzene rings is 1. The molecule has 0 bridgehead atoms. The molecule has 1 aromatic rings. The number of nitrogens with zero attached hydrogens (tertiary/aromatic N) is 1. The first kappa shape index (κ1) is 16.0. The lowest BCUT2D eigenvalue weighted by atomic mass is 9.87. The molecule has 1 amide bonds. The second-order valence-corrected chi connectivity index (χ2v) is 6.79. The number of nitrogens with one attached hydrogen (secondary N) is 1. The number of amides is 1. The highest BCUT2D eigenvalue weighted by atomic mass is 16.5. The van der Waals surface area contributed by atoms with Crippen molar-refractivity contribution in [3.63, 3.8) is 0 Å². The second kappa shape index (κ2) is 6.58. The molecule has 0 spiro atoms. The van der Waals surface area contributed by atoms with Crippen LogP contribution in [0.5, 0.6) is 0 Å². The largest absolute Gasteiger partial charge is 0.376 e. The minimum Gasteiger partial charge on any atom is -0.376 e. The molecule has 4 heteroatoms. The predicted molar refractivity (Wildman–Crippen MR) is 85.6 cm³/mol. The Bertz CT molecular complexity index is 477. The Morgan fingerprint density at radius 2 is 2.00 bits per heavy atom. The molecule has 1 aliphatic heterocycles. The quantitative estimate of drug-likeness (QED) is 0.930. The zero-order valence-electron chi connectivity index (χ0n) is 13.5. The van der Waals surface area contributed by atoms with E-state index in [-0.39, 0.29) is 17.4 Å². The monoisotopic (exact) mass is 290 g/mol. The number of anilines is 1. The molecule has 0 aliphatic carbocycles. The Morgan fingerprint density at radius 1 is 1.33 bits per heavy atom. The number of carbonyl (C=O) groups is 1. The molecule has 2 rings (SSSR count). The van der Waals surface area contributed by atoms with Crippen LogP contribution in [-0.4, -0.2) is 43.2 Å². The fourth-order valence-corrected chi connectivity index (χ4v) is 2.49. The Labute approximate surface area is 127 Å². The molecule has 21 heavy (non-hydrogen) atoms. The average Bonchev–Trinajstić information content (AvgIpc) is 2.38. The molecule has 0 radical (unpaired) electrons. The number of morpholine rings is 1. The van der Waals surface area contributed by atoms with Gasteiger partial charge in [-0.3, -0.25) is 9.69 Å². The van der Waals surface area contributed by atoms with Gasteiger partial charge in [0, 0.05) is 18.8 Å². The fraction of sp³-hybridized carbons (Fsp3) is 0.588.